The Labute approximate surface area is 120 Å². The van der Waals surface area contributed by atoms with Crippen molar-refractivity contribution in [3.63, 3.8) is 0 Å². The topological polar surface area (TPSA) is 73.0 Å². The summed E-state index contributed by atoms with van der Waals surface area (Å²) in [6.45, 7) is 1.25. The summed E-state index contributed by atoms with van der Waals surface area (Å²) in [7, 11) is 0. The first-order valence-electron chi connectivity index (χ1n) is 6.73. The smallest absolute Gasteiger partial charge is 0.354 e. The number of alkyl halides is 3. The summed E-state index contributed by atoms with van der Waals surface area (Å²) in [5.41, 5.74) is 0.568. The van der Waals surface area contributed by atoms with E-state index < -0.39 is 24.7 Å². The number of aromatic amines is 1. The van der Waals surface area contributed by atoms with Crippen molar-refractivity contribution in [2.75, 3.05) is 32.7 Å². The van der Waals surface area contributed by atoms with Crippen molar-refractivity contribution in [1.29, 1.82) is 0 Å². The summed E-state index contributed by atoms with van der Waals surface area (Å²) < 4.78 is 39.3. The molecule has 3 N–H and O–H groups in total. The van der Waals surface area contributed by atoms with Crippen LogP contribution in [0.5, 0.6) is 0 Å². The van der Waals surface area contributed by atoms with Gasteiger partial charge in [-0.15, -0.1) is 0 Å². The number of piperazine rings is 1. The Bertz CT molecular complexity index is 442. The molecule has 0 bridgehead atoms. The lowest BCUT2D eigenvalue weighted by Gasteiger charge is -2.35. The maximum Gasteiger partial charge on any atom is 0.405 e. The van der Waals surface area contributed by atoms with Crippen molar-refractivity contribution in [3.05, 3.63) is 18.0 Å². The fraction of sp³-hybridized carbons (Fsp3) is 0.667. The van der Waals surface area contributed by atoms with Gasteiger partial charge in [0.2, 0.25) is 5.91 Å². The summed E-state index contributed by atoms with van der Waals surface area (Å²) in [6.07, 6.45) is -2.88. The molecule has 1 fully saturated rings. The number of carbonyl (C=O) groups is 1. The third-order valence-electron chi connectivity index (χ3n) is 3.37. The highest BCUT2D eigenvalue weighted by Gasteiger charge is 2.43. The molecule has 9 heteroatoms. The van der Waals surface area contributed by atoms with Crippen molar-refractivity contribution in [2.45, 2.75) is 18.6 Å². The third kappa shape index (κ3) is 4.71. The van der Waals surface area contributed by atoms with Crippen LogP contribution in [0.25, 0.3) is 0 Å². The van der Waals surface area contributed by atoms with Crippen LogP contribution in [0, 0.1) is 0 Å². The summed E-state index contributed by atoms with van der Waals surface area (Å²) in [4.78, 5) is 13.0. The van der Waals surface area contributed by atoms with Crippen LogP contribution < -0.4 is 10.6 Å². The van der Waals surface area contributed by atoms with E-state index in [0.29, 0.717) is 31.9 Å². The molecule has 1 aliphatic rings. The molecule has 1 saturated heterocycles. The maximum atomic E-state index is 13.1. The molecule has 1 aromatic heterocycles. The first-order valence-corrected chi connectivity index (χ1v) is 6.73. The van der Waals surface area contributed by atoms with Gasteiger partial charge in [0.05, 0.1) is 6.42 Å². The number of hydrogen-bond donors (Lipinski definition) is 3. The molecule has 1 aromatic rings. The lowest BCUT2D eigenvalue weighted by atomic mass is 10.2. The molecule has 1 amide bonds. The van der Waals surface area contributed by atoms with Crippen LogP contribution in [0.15, 0.2) is 12.3 Å². The van der Waals surface area contributed by atoms with E-state index in [1.807, 2.05) is 0 Å². The number of nitrogens with one attached hydrogen (secondary N) is 3. The van der Waals surface area contributed by atoms with E-state index in [1.54, 1.807) is 6.07 Å². The van der Waals surface area contributed by atoms with Gasteiger partial charge >= 0.3 is 6.18 Å². The second kappa shape index (κ2) is 6.90. The lowest BCUT2D eigenvalue weighted by Crippen LogP contribution is -2.57. The number of halogens is 3. The molecule has 0 aromatic carbocycles. The van der Waals surface area contributed by atoms with Gasteiger partial charge in [-0.05, 0) is 6.07 Å². The lowest BCUT2D eigenvalue weighted by molar-refractivity contribution is -0.184. The van der Waals surface area contributed by atoms with Crippen LogP contribution >= 0.6 is 0 Å². The molecule has 21 heavy (non-hydrogen) atoms. The van der Waals surface area contributed by atoms with Gasteiger partial charge in [0.1, 0.15) is 6.04 Å². The molecule has 0 aliphatic carbocycles. The molecule has 1 atom stereocenters. The Morgan fingerprint density at radius 2 is 2.14 bits per heavy atom. The Morgan fingerprint density at radius 1 is 1.43 bits per heavy atom. The largest absolute Gasteiger partial charge is 0.405 e. The number of aromatic nitrogens is 2. The van der Waals surface area contributed by atoms with Gasteiger partial charge in [0, 0.05) is 44.6 Å². The molecule has 0 spiro atoms. The van der Waals surface area contributed by atoms with Gasteiger partial charge in [0.15, 0.2) is 0 Å². The third-order valence-corrected chi connectivity index (χ3v) is 3.37. The van der Waals surface area contributed by atoms with Gasteiger partial charge < -0.3 is 10.6 Å². The molecular weight excluding hydrogens is 287 g/mol. The van der Waals surface area contributed by atoms with Crippen LogP contribution in [-0.2, 0) is 11.2 Å². The SMILES string of the molecule is O=C(Cc1ccn[nH]1)NCC(N1CCNCC1)C(F)(F)F. The molecule has 0 saturated carbocycles. The Hall–Kier alpha value is -1.61. The van der Waals surface area contributed by atoms with E-state index in [9.17, 15) is 18.0 Å². The van der Waals surface area contributed by atoms with Crippen molar-refractivity contribution < 1.29 is 18.0 Å². The molecule has 1 aliphatic heterocycles. The van der Waals surface area contributed by atoms with Crippen LogP contribution in [0.3, 0.4) is 0 Å². The van der Waals surface area contributed by atoms with Gasteiger partial charge in [-0.2, -0.15) is 18.3 Å². The minimum absolute atomic E-state index is 0.00780. The average Bonchev–Trinajstić information content (AvgIpc) is 2.91. The predicted molar refractivity (Wildman–Crippen MR) is 69.6 cm³/mol. The minimum Gasteiger partial charge on any atom is -0.354 e. The van der Waals surface area contributed by atoms with E-state index in [0.717, 1.165) is 0 Å². The zero-order chi connectivity index (χ0) is 15.3. The zero-order valence-electron chi connectivity index (χ0n) is 11.4. The first-order chi connectivity index (χ1) is 9.97. The highest BCUT2D eigenvalue weighted by molar-refractivity contribution is 5.78. The van der Waals surface area contributed by atoms with Gasteiger partial charge in [-0.1, -0.05) is 0 Å². The number of rotatable bonds is 5. The van der Waals surface area contributed by atoms with E-state index in [2.05, 4.69) is 20.8 Å². The van der Waals surface area contributed by atoms with Crippen LogP contribution in [0.1, 0.15) is 5.69 Å². The number of amides is 1. The van der Waals surface area contributed by atoms with Crippen molar-refractivity contribution in [3.8, 4) is 0 Å². The van der Waals surface area contributed by atoms with Crippen LogP contribution in [-0.4, -0.2) is 65.9 Å². The van der Waals surface area contributed by atoms with E-state index in [4.69, 9.17) is 0 Å². The fourth-order valence-corrected chi connectivity index (χ4v) is 2.27. The van der Waals surface area contributed by atoms with Gasteiger partial charge in [-0.3, -0.25) is 14.8 Å². The second-order valence-corrected chi connectivity index (χ2v) is 4.91. The van der Waals surface area contributed by atoms with Crippen molar-refractivity contribution in [1.82, 2.24) is 25.7 Å². The second-order valence-electron chi connectivity index (χ2n) is 4.91. The highest BCUT2D eigenvalue weighted by Crippen LogP contribution is 2.24. The number of H-pyrrole nitrogens is 1. The van der Waals surface area contributed by atoms with Crippen molar-refractivity contribution >= 4 is 5.91 Å². The Kier molecular flexibility index (Phi) is 5.18. The van der Waals surface area contributed by atoms with Gasteiger partial charge in [-0.25, -0.2) is 0 Å². The molecule has 0 radical (unpaired) electrons. The molecule has 2 heterocycles. The van der Waals surface area contributed by atoms with E-state index in [1.165, 1.54) is 11.1 Å². The quantitative estimate of drug-likeness (QED) is 0.710. The number of nitrogens with zero attached hydrogens (tertiary/aromatic N) is 2. The van der Waals surface area contributed by atoms with Crippen molar-refractivity contribution in [2.24, 2.45) is 0 Å². The molecular formula is C12H18F3N5O. The van der Waals surface area contributed by atoms with E-state index >= 15 is 0 Å². The summed E-state index contributed by atoms with van der Waals surface area (Å²) in [6, 6.07) is -0.0396. The summed E-state index contributed by atoms with van der Waals surface area (Å²) in [5, 5.41) is 11.6. The summed E-state index contributed by atoms with van der Waals surface area (Å²) in [5.74, 6) is -0.455. The number of hydrogen-bond acceptors (Lipinski definition) is 4. The van der Waals surface area contributed by atoms with Crippen LogP contribution in [0.2, 0.25) is 0 Å². The van der Waals surface area contributed by atoms with E-state index in [-0.39, 0.29) is 6.42 Å². The minimum atomic E-state index is -4.36. The summed E-state index contributed by atoms with van der Waals surface area (Å²) >= 11 is 0. The average molecular weight is 305 g/mol. The molecule has 6 nitrogen and oxygen atoms in total. The fourth-order valence-electron chi connectivity index (χ4n) is 2.27. The zero-order valence-corrected chi connectivity index (χ0v) is 11.4. The van der Waals surface area contributed by atoms with Crippen LogP contribution in [0.4, 0.5) is 13.2 Å². The standard InChI is InChI=1S/C12H18F3N5O/c13-12(14,15)10(20-5-3-16-4-6-20)8-17-11(21)7-9-1-2-18-19-9/h1-2,10,16H,3-8H2,(H,17,21)(H,18,19). The molecule has 118 valence electrons. The monoisotopic (exact) mass is 305 g/mol. The molecule has 1 unspecified atom stereocenters. The number of carbonyl (C=O) groups excluding carboxylic acids is 1. The Morgan fingerprint density at radius 3 is 2.71 bits per heavy atom. The van der Waals surface area contributed by atoms with Gasteiger partial charge in [0.25, 0.3) is 0 Å². The molecule has 2 rings (SSSR count). The highest BCUT2D eigenvalue weighted by atomic mass is 19.4. The first kappa shape index (κ1) is 15.8. The maximum absolute atomic E-state index is 13.1. The Balaban J connectivity index is 1.88. The predicted octanol–water partition coefficient (Wildman–Crippen LogP) is -0.0955. The normalized spacial score (nSPS) is 18.4.